The number of aryl methyl sites for hydroxylation is 2. The molecule has 22 heavy (non-hydrogen) atoms. The Hall–Kier alpha value is -1.82. The molecule has 2 aromatic heterocycles. The van der Waals surface area contributed by atoms with Crippen LogP contribution in [0.1, 0.15) is 40.2 Å². The van der Waals surface area contributed by atoms with E-state index in [0.717, 1.165) is 28.6 Å². The number of rotatable bonds is 6. The standard InChI is InChI=1S/C16H19N3O2S/c1-10-14(11(2)21-19-10)9-22-16-13(4-3-7-17-16)15(20)18-8-12-5-6-12/h3-4,7,12H,5-6,8-9H2,1-2H3,(H,18,20). The molecule has 1 amide bonds. The first-order chi connectivity index (χ1) is 10.6. The van der Waals surface area contributed by atoms with Gasteiger partial charge in [0, 0.05) is 24.1 Å². The Labute approximate surface area is 133 Å². The number of pyridine rings is 1. The summed E-state index contributed by atoms with van der Waals surface area (Å²) in [6.07, 6.45) is 4.16. The van der Waals surface area contributed by atoms with Gasteiger partial charge in [0.25, 0.3) is 5.91 Å². The number of nitrogens with one attached hydrogen (secondary N) is 1. The molecule has 0 radical (unpaired) electrons. The molecule has 6 heteroatoms. The average Bonchev–Trinajstić information content (AvgIpc) is 3.30. The Morgan fingerprint density at radius 2 is 2.27 bits per heavy atom. The SMILES string of the molecule is Cc1noc(C)c1CSc1ncccc1C(=O)NCC1CC1. The molecule has 0 saturated heterocycles. The summed E-state index contributed by atoms with van der Waals surface area (Å²) >= 11 is 1.54. The largest absolute Gasteiger partial charge is 0.361 e. The summed E-state index contributed by atoms with van der Waals surface area (Å²) in [6, 6.07) is 3.62. The second-order valence-corrected chi connectivity index (χ2v) is 6.56. The zero-order chi connectivity index (χ0) is 15.5. The van der Waals surface area contributed by atoms with Gasteiger partial charge in [-0.3, -0.25) is 4.79 Å². The van der Waals surface area contributed by atoms with E-state index in [0.29, 0.717) is 17.2 Å². The number of amides is 1. The highest BCUT2D eigenvalue weighted by Crippen LogP contribution is 2.29. The van der Waals surface area contributed by atoms with Gasteiger partial charge < -0.3 is 9.84 Å². The van der Waals surface area contributed by atoms with Crippen molar-refractivity contribution in [3.63, 3.8) is 0 Å². The average molecular weight is 317 g/mol. The third kappa shape index (κ3) is 3.50. The lowest BCUT2D eigenvalue weighted by Gasteiger charge is -2.08. The highest BCUT2D eigenvalue weighted by molar-refractivity contribution is 7.98. The van der Waals surface area contributed by atoms with Gasteiger partial charge >= 0.3 is 0 Å². The van der Waals surface area contributed by atoms with Gasteiger partial charge in [-0.05, 0) is 44.7 Å². The minimum Gasteiger partial charge on any atom is -0.361 e. The topological polar surface area (TPSA) is 68.0 Å². The smallest absolute Gasteiger partial charge is 0.254 e. The number of thioether (sulfide) groups is 1. The predicted octanol–water partition coefficient (Wildman–Crippen LogP) is 3.12. The minimum atomic E-state index is -0.0405. The molecule has 0 aromatic carbocycles. The lowest BCUT2D eigenvalue weighted by molar-refractivity contribution is 0.0948. The number of carbonyl (C=O) groups is 1. The van der Waals surface area contributed by atoms with Crippen LogP contribution in [-0.2, 0) is 5.75 Å². The Kier molecular flexibility index (Phi) is 4.47. The van der Waals surface area contributed by atoms with Crippen LogP contribution in [0.5, 0.6) is 0 Å². The van der Waals surface area contributed by atoms with E-state index in [-0.39, 0.29) is 5.91 Å². The first-order valence-corrected chi connectivity index (χ1v) is 8.41. The Bertz CT molecular complexity index is 660. The van der Waals surface area contributed by atoms with Gasteiger partial charge in [0.1, 0.15) is 10.8 Å². The summed E-state index contributed by atoms with van der Waals surface area (Å²) in [7, 11) is 0. The number of aromatic nitrogens is 2. The quantitative estimate of drug-likeness (QED) is 0.829. The molecule has 5 nitrogen and oxygen atoms in total. The van der Waals surface area contributed by atoms with E-state index >= 15 is 0 Å². The van der Waals surface area contributed by atoms with Gasteiger partial charge in [0.05, 0.1) is 11.3 Å². The normalized spacial score (nSPS) is 14.1. The summed E-state index contributed by atoms with van der Waals surface area (Å²) in [6.45, 7) is 4.59. The molecule has 0 spiro atoms. The molecular weight excluding hydrogens is 298 g/mol. The summed E-state index contributed by atoms with van der Waals surface area (Å²) in [4.78, 5) is 16.7. The van der Waals surface area contributed by atoms with Crippen LogP contribution in [0.4, 0.5) is 0 Å². The fourth-order valence-electron chi connectivity index (χ4n) is 2.18. The molecule has 1 aliphatic rings. The summed E-state index contributed by atoms with van der Waals surface area (Å²) < 4.78 is 5.17. The van der Waals surface area contributed by atoms with Crippen LogP contribution in [0.3, 0.4) is 0 Å². The van der Waals surface area contributed by atoms with E-state index in [4.69, 9.17) is 4.52 Å². The van der Waals surface area contributed by atoms with E-state index in [2.05, 4.69) is 15.5 Å². The second-order valence-electron chi connectivity index (χ2n) is 5.60. The molecular formula is C16H19N3O2S. The third-order valence-electron chi connectivity index (χ3n) is 3.80. The van der Waals surface area contributed by atoms with Crippen molar-refractivity contribution >= 4 is 17.7 Å². The maximum atomic E-state index is 12.3. The van der Waals surface area contributed by atoms with Gasteiger partial charge in [-0.15, -0.1) is 11.8 Å². The van der Waals surface area contributed by atoms with E-state index in [1.807, 2.05) is 19.9 Å². The van der Waals surface area contributed by atoms with Crippen LogP contribution < -0.4 is 5.32 Å². The molecule has 0 bridgehead atoms. The molecule has 1 aliphatic carbocycles. The molecule has 1 saturated carbocycles. The number of nitrogens with zero attached hydrogens (tertiary/aromatic N) is 2. The van der Waals surface area contributed by atoms with Crippen molar-refractivity contribution in [1.82, 2.24) is 15.5 Å². The number of hydrogen-bond donors (Lipinski definition) is 1. The van der Waals surface area contributed by atoms with Crippen molar-refractivity contribution in [2.24, 2.45) is 5.92 Å². The lowest BCUT2D eigenvalue weighted by Crippen LogP contribution is -2.26. The third-order valence-corrected chi connectivity index (χ3v) is 4.83. The van der Waals surface area contributed by atoms with E-state index in [1.165, 1.54) is 24.6 Å². The maximum Gasteiger partial charge on any atom is 0.254 e. The van der Waals surface area contributed by atoms with Gasteiger partial charge in [-0.1, -0.05) is 5.16 Å². The Morgan fingerprint density at radius 3 is 2.95 bits per heavy atom. The molecule has 116 valence electrons. The number of carbonyl (C=O) groups excluding carboxylic acids is 1. The van der Waals surface area contributed by atoms with Crippen LogP contribution in [0.25, 0.3) is 0 Å². The van der Waals surface area contributed by atoms with Crippen molar-refractivity contribution in [3.8, 4) is 0 Å². The fraction of sp³-hybridized carbons (Fsp3) is 0.438. The molecule has 2 aromatic rings. The molecule has 2 heterocycles. The van der Waals surface area contributed by atoms with Gasteiger partial charge in [0.2, 0.25) is 0 Å². The molecule has 1 N–H and O–H groups in total. The lowest BCUT2D eigenvalue weighted by atomic mass is 10.2. The van der Waals surface area contributed by atoms with Crippen molar-refractivity contribution < 1.29 is 9.32 Å². The van der Waals surface area contributed by atoms with Crippen molar-refractivity contribution in [2.45, 2.75) is 37.5 Å². The second kappa shape index (κ2) is 6.52. The van der Waals surface area contributed by atoms with E-state index < -0.39 is 0 Å². The Balaban J connectivity index is 1.69. The van der Waals surface area contributed by atoms with Crippen LogP contribution in [0.15, 0.2) is 27.9 Å². The molecule has 0 unspecified atom stereocenters. The highest BCUT2D eigenvalue weighted by Gasteiger charge is 2.23. The van der Waals surface area contributed by atoms with E-state index in [9.17, 15) is 4.79 Å². The maximum absolute atomic E-state index is 12.3. The fourth-order valence-corrected chi connectivity index (χ4v) is 3.33. The van der Waals surface area contributed by atoms with Crippen LogP contribution >= 0.6 is 11.8 Å². The van der Waals surface area contributed by atoms with Crippen LogP contribution in [-0.4, -0.2) is 22.6 Å². The molecule has 0 aliphatic heterocycles. The monoisotopic (exact) mass is 317 g/mol. The van der Waals surface area contributed by atoms with Crippen LogP contribution in [0.2, 0.25) is 0 Å². The zero-order valence-electron chi connectivity index (χ0n) is 12.8. The van der Waals surface area contributed by atoms with Crippen molar-refractivity contribution in [3.05, 3.63) is 40.9 Å². The van der Waals surface area contributed by atoms with Gasteiger partial charge in [0.15, 0.2) is 0 Å². The molecule has 3 rings (SSSR count). The van der Waals surface area contributed by atoms with Crippen molar-refractivity contribution in [2.75, 3.05) is 6.54 Å². The number of hydrogen-bond acceptors (Lipinski definition) is 5. The minimum absolute atomic E-state index is 0.0405. The van der Waals surface area contributed by atoms with Crippen molar-refractivity contribution in [1.29, 1.82) is 0 Å². The first-order valence-electron chi connectivity index (χ1n) is 7.43. The zero-order valence-corrected chi connectivity index (χ0v) is 13.6. The highest BCUT2D eigenvalue weighted by atomic mass is 32.2. The molecule has 1 fully saturated rings. The van der Waals surface area contributed by atoms with Gasteiger partial charge in [-0.25, -0.2) is 4.98 Å². The van der Waals surface area contributed by atoms with E-state index in [1.54, 1.807) is 12.3 Å². The van der Waals surface area contributed by atoms with Gasteiger partial charge in [-0.2, -0.15) is 0 Å². The predicted molar refractivity (Wildman–Crippen MR) is 84.8 cm³/mol. The van der Waals surface area contributed by atoms with Crippen LogP contribution in [0, 0.1) is 19.8 Å². The summed E-state index contributed by atoms with van der Waals surface area (Å²) in [5.41, 5.74) is 2.60. The summed E-state index contributed by atoms with van der Waals surface area (Å²) in [5, 5.41) is 7.69. The molecule has 0 atom stereocenters. The summed E-state index contributed by atoms with van der Waals surface area (Å²) in [5.74, 6) is 2.14. The first kappa shape index (κ1) is 15.1. The Morgan fingerprint density at radius 1 is 1.45 bits per heavy atom.